The molecule has 0 aliphatic rings. The van der Waals surface area contributed by atoms with Crippen molar-refractivity contribution in [1.29, 1.82) is 0 Å². The van der Waals surface area contributed by atoms with Crippen LogP contribution in [0.2, 0.25) is 0 Å². The van der Waals surface area contributed by atoms with Crippen LogP contribution in [0.25, 0.3) is 0 Å². The first-order valence-electron chi connectivity index (χ1n) is 8.79. The van der Waals surface area contributed by atoms with Crippen molar-refractivity contribution in [2.45, 2.75) is 44.6 Å². The van der Waals surface area contributed by atoms with Crippen LogP contribution in [0.5, 0.6) is 0 Å². The molecule has 0 saturated heterocycles. The molecule has 0 bridgehead atoms. The van der Waals surface area contributed by atoms with E-state index in [0.29, 0.717) is 6.42 Å². The highest BCUT2D eigenvalue weighted by molar-refractivity contribution is 5.85. The first-order chi connectivity index (χ1) is 11.7. The van der Waals surface area contributed by atoms with E-state index in [2.05, 4.69) is 36.5 Å². The molecule has 0 fully saturated rings. The van der Waals surface area contributed by atoms with E-state index < -0.39 is 5.54 Å². The summed E-state index contributed by atoms with van der Waals surface area (Å²) in [4.78, 5) is 12.5. The van der Waals surface area contributed by atoms with Crippen LogP contribution in [-0.2, 0) is 10.3 Å². The Morgan fingerprint density at radius 2 is 1.36 bits per heavy atom. The molecule has 0 heterocycles. The molecule has 0 aliphatic heterocycles. The summed E-state index contributed by atoms with van der Waals surface area (Å²) in [7, 11) is 0. The van der Waals surface area contributed by atoms with Crippen molar-refractivity contribution in [3.05, 3.63) is 71.8 Å². The molecule has 136 valence electrons. The topological polar surface area (TPSA) is 55.1 Å². The molecule has 0 saturated carbocycles. The summed E-state index contributed by atoms with van der Waals surface area (Å²) in [6.07, 6.45) is 4.65. The lowest BCUT2D eigenvalue weighted by Crippen LogP contribution is -2.44. The monoisotopic (exact) mass is 360 g/mol. The molecule has 2 aromatic carbocycles. The Morgan fingerprint density at radius 3 is 1.84 bits per heavy atom. The Bertz CT molecular complexity index is 577. The molecule has 0 unspecified atom stereocenters. The number of halogens is 1. The number of carbonyl (C=O) groups excluding carboxylic acids is 1. The van der Waals surface area contributed by atoms with E-state index in [1.54, 1.807) is 0 Å². The third-order valence-electron chi connectivity index (χ3n) is 4.45. The molecule has 25 heavy (non-hydrogen) atoms. The summed E-state index contributed by atoms with van der Waals surface area (Å²) in [5, 5.41) is 3.25. The van der Waals surface area contributed by atoms with E-state index in [0.717, 1.165) is 43.4 Å². The van der Waals surface area contributed by atoms with Gasteiger partial charge in [-0.2, -0.15) is 0 Å². The minimum absolute atomic E-state index is 0. The predicted molar refractivity (Wildman–Crippen MR) is 107 cm³/mol. The molecule has 4 heteroatoms. The third kappa shape index (κ3) is 6.18. The van der Waals surface area contributed by atoms with Gasteiger partial charge in [0.15, 0.2) is 0 Å². The molecular weight excluding hydrogens is 332 g/mol. The minimum atomic E-state index is -0.517. The van der Waals surface area contributed by atoms with Crippen molar-refractivity contribution in [2.75, 3.05) is 6.54 Å². The zero-order chi connectivity index (χ0) is 17.3. The summed E-state index contributed by atoms with van der Waals surface area (Å²) < 4.78 is 0. The van der Waals surface area contributed by atoms with E-state index in [4.69, 9.17) is 5.73 Å². The minimum Gasteiger partial charge on any atom is -0.343 e. The molecule has 0 radical (unpaired) electrons. The first kappa shape index (κ1) is 21.2. The maximum atomic E-state index is 12.5. The zero-order valence-electron chi connectivity index (χ0n) is 14.9. The largest absolute Gasteiger partial charge is 0.343 e. The van der Waals surface area contributed by atoms with Crippen LogP contribution in [-0.4, -0.2) is 12.5 Å². The fourth-order valence-corrected chi connectivity index (χ4v) is 2.98. The van der Waals surface area contributed by atoms with E-state index in [9.17, 15) is 4.79 Å². The van der Waals surface area contributed by atoms with Crippen molar-refractivity contribution in [3.8, 4) is 0 Å². The Hall–Kier alpha value is -1.84. The van der Waals surface area contributed by atoms with Gasteiger partial charge in [-0.3, -0.25) is 4.79 Å². The summed E-state index contributed by atoms with van der Waals surface area (Å²) in [5.74, 6) is 0.0953. The highest BCUT2D eigenvalue weighted by Crippen LogP contribution is 2.29. The Labute approximate surface area is 157 Å². The van der Waals surface area contributed by atoms with Crippen LogP contribution in [0.1, 0.15) is 50.2 Å². The molecular formula is C21H29ClN2O. The van der Waals surface area contributed by atoms with E-state index >= 15 is 0 Å². The smallest absolute Gasteiger partial charge is 0.220 e. The molecule has 0 aliphatic carbocycles. The summed E-state index contributed by atoms with van der Waals surface area (Å²) in [5.41, 5.74) is 7.17. The molecule has 0 spiro atoms. The van der Waals surface area contributed by atoms with Gasteiger partial charge in [0, 0.05) is 6.42 Å². The fourth-order valence-electron chi connectivity index (χ4n) is 2.98. The molecule has 2 rings (SSSR count). The highest BCUT2D eigenvalue weighted by Gasteiger charge is 2.30. The first-order valence-corrected chi connectivity index (χ1v) is 8.79. The molecule has 3 nitrogen and oxygen atoms in total. The number of benzene rings is 2. The second kappa shape index (κ2) is 10.9. The summed E-state index contributed by atoms with van der Waals surface area (Å²) in [6, 6.07) is 20.3. The van der Waals surface area contributed by atoms with Crippen LogP contribution in [0, 0.1) is 0 Å². The molecule has 0 atom stereocenters. The Morgan fingerprint density at radius 1 is 0.880 bits per heavy atom. The molecule has 3 N–H and O–H groups in total. The number of nitrogens with one attached hydrogen (secondary N) is 1. The van der Waals surface area contributed by atoms with Gasteiger partial charge < -0.3 is 11.1 Å². The number of hydrogen-bond donors (Lipinski definition) is 2. The van der Waals surface area contributed by atoms with Gasteiger partial charge in [-0.1, -0.05) is 73.5 Å². The van der Waals surface area contributed by atoms with Crippen LogP contribution in [0.15, 0.2) is 60.7 Å². The molecule has 2 aromatic rings. The quantitative estimate of drug-likeness (QED) is 0.651. The van der Waals surface area contributed by atoms with Gasteiger partial charge in [-0.25, -0.2) is 0 Å². The second-order valence-electron chi connectivity index (χ2n) is 6.36. The predicted octanol–water partition coefficient (Wildman–Crippen LogP) is 4.40. The van der Waals surface area contributed by atoms with E-state index in [1.807, 2.05) is 36.4 Å². The van der Waals surface area contributed by atoms with Gasteiger partial charge in [0.2, 0.25) is 5.91 Å². The highest BCUT2D eigenvalue weighted by atomic mass is 35.5. The zero-order valence-corrected chi connectivity index (χ0v) is 15.7. The Kier molecular flexibility index (Phi) is 9.25. The van der Waals surface area contributed by atoms with Crippen molar-refractivity contribution in [1.82, 2.24) is 5.32 Å². The number of nitrogens with two attached hydrogens (primary N) is 1. The average molecular weight is 361 g/mol. The van der Waals surface area contributed by atoms with Crippen molar-refractivity contribution < 1.29 is 4.79 Å². The lowest BCUT2D eigenvalue weighted by Gasteiger charge is -2.32. The fraction of sp³-hybridized carbons (Fsp3) is 0.381. The lowest BCUT2D eigenvalue weighted by molar-refractivity contribution is -0.122. The van der Waals surface area contributed by atoms with Crippen LogP contribution in [0.3, 0.4) is 0 Å². The average Bonchev–Trinajstić information content (AvgIpc) is 2.63. The maximum absolute atomic E-state index is 12.5. The maximum Gasteiger partial charge on any atom is 0.220 e. The SMILES string of the molecule is CC(NC(=O)CCCCCCN)(c1ccccc1)c1ccccc1.Cl. The van der Waals surface area contributed by atoms with Gasteiger partial charge in [-0.15, -0.1) is 12.4 Å². The normalized spacial score (nSPS) is 10.8. The summed E-state index contributed by atoms with van der Waals surface area (Å²) >= 11 is 0. The molecule has 0 aromatic heterocycles. The number of amides is 1. The van der Waals surface area contributed by atoms with Crippen molar-refractivity contribution in [3.63, 3.8) is 0 Å². The standard InChI is InChI=1S/C21H28N2O.ClH/c1-21(18-12-6-4-7-13-18,19-14-8-5-9-15-19)23-20(24)16-10-2-3-11-17-22;/h4-9,12-15H,2-3,10-11,16-17,22H2,1H3,(H,23,24);1H. The van der Waals surface area contributed by atoms with Crippen LogP contribution >= 0.6 is 12.4 Å². The van der Waals surface area contributed by atoms with Crippen molar-refractivity contribution in [2.24, 2.45) is 5.73 Å². The number of unbranched alkanes of at least 4 members (excludes halogenated alkanes) is 3. The van der Waals surface area contributed by atoms with Gasteiger partial charge in [0.1, 0.15) is 0 Å². The van der Waals surface area contributed by atoms with Gasteiger partial charge >= 0.3 is 0 Å². The van der Waals surface area contributed by atoms with E-state index in [-0.39, 0.29) is 18.3 Å². The van der Waals surface area contributed by atoms with Gasteiger partial charge in [-0.05, 0) is 37.4 Å². The Balaban J connectivity index is 0.00000312. The number of carbonyl (C=O) groups is 1. The lowest BCUT2D eigenvalue weighted by atomic mass is 9.84. The summed E-state index contributed by atoms with van der Waals surface area (Å²) in [6.45, 7) is 2.80. The second-order valence-corrected chi connectivity index (χ2v) is 6.36. The number of hydrogen-bond acceptors (Lipinski definition) is 2. The van der Waals surface area contributed by atoms with Gasteiger partial charge in [0.05, 0.1) is 5.54 Å². The molecule has 1 amide bonds. The van der Waals surface area contributed by atoms with E-state index in [1.165, 1.54) is 0 Å². The van der Waals surface area contributed by atoms with Crippen molar-refractivity contribution >= 4 is 18.3 Å². The van der Waals surface area contributed by atoms with Gasteiger partial charge in [0.25, 0.3) is 0 Å². The van der Waals surface area contributed by atoms with Crippen LogP contribution < -0.4 is 11.1 Å². The number of rotatable bonds is 9. The van der Waals surface area contributed by atoms with Crippen LogP contribution in [0.4, 0.5) is 0 Å². The third-order valence-corrected chi connectivity index (χ3v) is 4.45.